The fourth-order valence-electron chi connectivity index (χ4n) is 0. The predicted molar refractivity (Wildman–Crippen MR) is 22.6 cm³/mol. The summed E-state index contributed by atoms with van der Waals surface area (Å²) in [6.07, 6.45) is 0. The molecule has 4 nitrogen and oxygen atoms in total. The van der Waals surface area contributed by atoms with E-state index in [4.69, 9.17) is 14.4 Å². The average molecular weight is 156 g/mol. The first-order valence-electron chi connectivity index (χ1n) is 1.03. The Labute approximate surface area is 72.9 Å². The van der Waals surface area contributed by atoms with Gasteiger partial charge in [0.05, 0.1) is 0 Å². The van der Waals surface area contributed by atoms with Crippen molar-refractivity contribution in [2.75, 3.05) is 0 Å². The maximum atomic E-state index is 10.3. The summed E-state index contributed by atoms with van der Waals surface area (Å²) in [6.45, 7) is 0. The van der Waals surface area contributed by atoms with E-state index in [1.54, 1.807) is 0 Å². The van der Waals surface area contributed by atoms with E-state index in [0.717, 1.165) is 0 Å². The van der Waals surface area contributed by atoms with Crippen molar-refractivity contribution in [2.45, 2.75) is 0 Å². The fraction of sp³-hybridized carbons (Fsp3) is 0. The summed E-state index contributed by atoms with van der Waals surface area (Å²) in [6, 6.07) is 0. The van der Waals surface area contributed by atoms with Crippen molar-refractivity contribution in [2.24, 2.45) is 0 Å². The van der Waals surface area contributed by atoms with Gasteiger partial charge in [0, 0.05) is 0 Å². The summed E-state index contributed by atoms with van der Waals surface area (Å²) in [7, 11) is -4.80. The molecule has 0 saturated carbocycles. The monoisotopic (exact) mass is 156 g/mol. The number of rotatable bonds is 1. The van der Waals surface area contributed by atoms with E-state index in [9.17, 15) is 4.53 Å². The van der Waals surface area contributed by atoms with E-state index in [1.807, 2.05) is 0 Å². The summed E-state index contributed by atoms with van der Waals surface area (Å²) in [5.41, 5.74) is 0. The molecule has 0 aromatic heterocycles. The van der Waals surface area contributed by atoms with Crippen LogP contribution in [0.2, 0.25) is 0 Å². The minimum absolute atomic E-state index is 0. The molecule has 0 amide bonds. The molecule has 0 saturated heterocycles. The molecule has 0 aromatic carbocycles. The molecule has 0 aliphatic heterocycles. The summed E-state index contributed by atoms with van der Waals surface area (Å²) < 4.78 is 12.6. The standard InChI is InChI=1S/Ca.FH3O4Si.2H/c;1-5-6(2,3)4;;/h;2-4H;;/q+2;;2*-1. The Hall–Kier alpha value is 1.25. The van der Waals surface area contributed by atoms with Crippen LogP contribution in [0.1, 0.15) is 2.85 Å². The Morgan fingerprint density at radius 1 is 1.43 bits per heavy atom. The van der Waals surface area contributed by atoms with Gasteiger partial charge in [0.1, 0.15) is 0 Å². The second-order valence-electron chi connectivity index (χ2n) is 0.651. The zero-order valence-corrected chi connectivity index (χ0v) is 6.54. The van der Waals surface area contributed by atoms with Gasteiger partial charge in [-0.25, -0.2) is 0 Å². The molecule has 0 fully saturated rings. The van der Waals surface area contributed by atoms with Crippen molar-refractivity contribution < 1.29 is 26.4 Å². The second-order valence-corrected chi connectivity index (χ2v) is 1.95. The Bertz CT molecular complexity index is 48.3. The molecule has 3 N–H and O–H groups in total. The van der Waals surface area contributed by atoms with E-state index in [2.05, 4.69) is 4.63 Å². The first-order chi connectivity index (χ1) is 2.56. The van der Waals surface area contributed by atoms with Gasteiger partial charge in [0.2, 0.25) is 0 Å². The van der Waals surface area contributed by atoms with E-state index in [0.29, 0.717) is 0 Å². The van der Waals surface area contributed by atoms with Gasteiger partial charge in [0.25, 0.3) is 0 Å². The van der Waals surface area contributed by atoms with Crippen LogP contribution in [0.3, 0.4) is 0 Å². The molecule has 0 rings (SSSR count). The first kappa shape index (κ1) is 11.1. The van der Waals surface area contributed by atoms with Crippen LogP contribution in [0.25, 0.3) is 0 Å². The zero-order valence-electron chi connectivity index (χ0n) is 5.33. The summed E-state index contributed by atoms with van der Waals surface area (Å²) in [5, 5.41) is 0. The average Bonchev–Trinajstić information content (AvgIpc) is 1.35. The fourth-order valence-corrected chi connectivity index (χ4v) is 0. The predicted octanol–water partition coefficient (Wildman–Crippen LogP) is -1.86. The van der Waals surface area contributed by atoms with Crippen LogP contribution in [-0.2, 0) is 4.63 Å². The molecule has 42 valence electrons. The Kier molecular flexibility index (Phi) is 6.59. The van der Waals surface area contributed by atoms with Crippen molar-refractivity contribution in [1.82, 2.24) is 0 Å². The maximum Gasteiger partial charge on any atom is 2.00 e. The molecule has 0 aliphatic rings. The van der Waals surface area contributed by atoms with Gasteiger partial charge < -0.3 is 17.2 Å². The maximum absolute atomic E-state index is 10.3. The molecule has 0 bridgehead atoms. The largest absolute Gasteiger partial charge is 2.00 e. The van der Waals surface area contributed by atoms with Crippen LogP contribution in [0, 0.1) is 0 Å². The topological polar surface area (TPSA) is 69.9 Å². The Morgan fingerprint density at radius 2 is 1.57 bits per heavy atom. The van der Waals surface area contributed by atoms with Crippen molar-refractivity contribution in [3.05, 3.63) is 0 Å². The van der Waals surface area contributed by atoms with Gasteiger partial charge >= 0.3 is 46.8 Å². The Morgan fingerprint density at radius 3 is 1.57 bits per heavy atom. The third-order valence-corrected chi connectivity index (χ3v) is 0.311. The second kappa shape index (κ2) is 4.16. The van der Waals surface area contributed by atoms with Crippen LogP contribution in [0.15, 0.2) is 0 Å². The summed E-state index contributed by atoms with van der Waals surface area (Å²) >= 11 is 0. The van der Waals surface area contributed by atoms with Crippen LogP contribution >= 0.6 is 0 Å². The molecule has 7 heteroatoms. The van der Waals surface area contributed by atoms with Crippen LogP contribution in [0.4, 0.5) is 4.53 Å². The molecular weight excluding hydrogens is 151 g/mol. The molecule has 0 spiro atoms. The van der Waals surface area contributed by atoms with E-state index in [1.165, 1.54) is 0 Å². The molecule has 0 heterocycles. The first-order valence-corrected chi connectivity index (χ1v) is 2.78. The quantitative estimate of drug-likeness (QED) is 0.390. The summed E-state index contributed by atoms with van der Waals surface area (Å²) in [5.74, 6) is 0. The van der Waals surface area contributed by atoms with E-state index in [-0.39, 0.29) is 40.6 Å². The van der Waals surface area contributed by atoms with Gasteiger partial charge in [-0.1, -0.05) is 4.53 Å². The van der Waals surface area contributed by atoms with Crippen molar-refractivity contribution in [3.63, 3.8) is 0 Å². The Balaban J connectivity index is -0.0000000417. The molecule has 0 aromatic rings. The minimum Gasteiger partial charge on any atom is -1.00 e. The molecule has 0 aliphatic carbocycles. The van der Waals surface area contributed by atoms with Crippen LogP contribution in [-0.4, -0.2) is 61.2 Å². The molecule has 0 unspecified atom stereocenters. The number of hydrogen-bond donors (Lipinski definition) is 3. The number of hydrogen-bond acceptors (Lipinski definition) is 4. The van der Waals surface area contributed by atoms with Gasteiger partial charge in [-0.15, -0.1) is 0 Å². The zero-order chi connectivity index (χ0) is 5.21. The smallest absolute Gasteiger partial charge is 1.00 e. The molecule has 0 radical (unpaired) electrons. The molecular formula is H5CaFO4Si. The third-order valence-electron chi connectivity index (χ3n) is 0.104. The van der Waals surface area contributed by atoms with Gasteiger partial charge in [-0.05, 0) is 0 Å². The van der Waals surface area contributed by atoms with Crippen molar-refractivity contribution in [1.29, 1.82) is 0 Å². The van der Waals surface area contributed by atoms with Gasteiger partial charge in [-0.3, -0.25) is 0 Å². The van der Waals surface area contributed by atoms with Crippen molar-refractivity contribution >= 4 is 46.8 Å². The molecule has 7 heavy (non-hydrogen) atoms. The number of halogens is 1. The van der Waals surface area contributed by atoms with E-state index < -0.39 is 9.05 Å². The third kappa shape index (κ3) is 11.1. The van der Waals surface area contributed by atoms with Gasteiger partial charge in [-0.2, -0.15) is 4.63 Å². The van der Waals surface area contributed by atoms with Crippen molar-refractivity contribution in [3.8, 4) is 0 Å². The van der Waals surface area contributed by atoms with Crippen LogP contribution in [0.5, 0.6) is 0 Å². The minimum atomic E-state index is -4.80. The summed E-state index contributed by atoms with van der Waals surface area (Å²) in [4.78, 5) is 22.4. The van der Waals surface area contributed by atoms with E-state index >= 15 is 0 Å². The molecule has 0 atom stereocenters. The van der Waals surface area contributed by atoms with Crippen LogP contribution < -0.4 is 0 Å². The SMILES string of the molecule is O[Si](O)(O)OF.[Ca+2].[H-].[H-]. The normalized spacial score (nSPS) is 10.3. The van der Waals surface area contributed by atoms with Gasteiger partial charge in [0.15, 0.2) is 0 Å².